The lowest BCUT2D eigenvalue weighted by molar-refractivity contribution is -0.128. The summed E-state index contributed by atoms with van der Waals surface area (Å²) in [5.74, 6) is 2.13. The fourth-order valence-corrected chi connectivity index (χ4v) is 5.38. The molecule has 4 rings (SSSR count). The van der Waals surface area contributed by atoms with E-state index in [1.165, 1.54) is 0 Å². The lowest BCUT2D eigenvalue weighted by Gasteiger charge is -2.43. The monoisotopic (exact) mass is 430 g/mol. The molecule has 1 aliphatic carbocycles. The molecule has 3 aliphatic rings. The second kappa shape index (κ2) is 7.65. The van der Waals surface area contributed by atoms with E-state index >= 15 is 0 Å². The number of hydrogen-bond donors (Lipinski definition) is 0. The summed E-state index contributed by atoms with van der Waals surface area (Å²) >= 11 is 1.56. The van der Waals surface area contributed by atoms with E-state index < -0.39 is 6.04 Å². The van der Waals surface area contributed by atoms with Crippen molar-refractivity contribution in [2.75, 3.05) is 27.1 Å². The maximum absolute atomic E-state index is 13.3. The van der Waals surface area contributed by atoms with Gasteiger partial charge in [0, 0.05) is 24.2 Å². The lowest BCUT2D eigenvalue weighted by Crippen LogP contribution is -2.47. The zero-order chi connectivity index (χ0) is 21.6. The number of hydrogen-bond acceptors (Lipinski definition) is 7. The fourth-order valence-electron chi connectivity index (χ4n) is 4.40. The van der Waals surface area contributed by atoms with Crippen LogP contribution in [0.25, 0.3) is 0 Å². The third kappa shape index (κ3) is 3.37. The molecule has 0 aromatic heterocycles. The molecule has 7 nitrogen and oxygen atoms in total. The Kier molecular flexibility index (Phi) is 5.30. The molecule has 0 unspecified atom stereocenters. The topological polar surface area (TPSA) is 77.4 Å². The predicted octanol–water partition coefficient (Wildman–Crippen LogP) is 3.73. The number of Topliss-reactive ketones (excluding diaryl/α,β-unsaturated/α-hetero) is 1. The van der Waals surface area contributed by atoms with Gasteiger partial charge in [-0.15, -0.1) is 0 Å². The zero-order valence-corrected chi connectivity index (χ0v) is 18.7. The summed E-state index contributed by atoms with van der Waals surface area (Å²) < 4.78 is 16.5. The summed E-state index contributed by atoms with van der Waals surface area (Å²) in [4.78, 5) is 32.7. The number of ether oxygens (including phenoxy) is 3. The second-order valence-corrected chi connectivity index (χ2v) is 9.48. The van der Waals surface area contributed by atoms with Crippen LogP contribution in [0.5, 0.6) is 17.2 Å². The molecule has 2 aliphatic heterocycles. The Labute approximate surface area is 180 Å². The number of methoxy groups -OCH3 is 3. The Morgan fingerprint density at radius 1 is 1.07 bits per heavy atom. The Hall–Kier alpha value is -2.48. The largest absolute Gasteiger partial charge is 0.493 e. The van der Waals surface area contributed by atoms with Gasteiger partial charge in [0.1, 0.15) is 0 Å². The van der Waals surface area contributed by atoms with E-state index in [2.05, 4.69) is 13.8 Å². The third-order valence-electron chi connectivity index (χ3n) is 5.68. The van der Waals surface area contributed by atoms with E-state index in [1.54, 1.807) is 38.0 Å². The van der Waals surface area contributed by atoms with Gasteiger partial charge >= 0.3 is 0 Å². The number of amides is 1. The van der Waals surface area contributed by atoms with Crippen LogP contribution < -0.4 is 14.2 Å². The summed E-state index contributed by atoms with van der Waals surface area (Å²) in [6.07, 6.45) is 1.53. The van der Waals surface area contributed by atoms with Gasteiger partial charge in [-0.25, -0.2) is 4.99 Å². The number of fused-ring (bicyclic) bond motifs is 1. The van der Waals surface area contributed by atoms with Crippen LogP contribution >= 0.6 is 11.8 Å². The van der Waals surface area contributed by atoms with Crippen LogP contribution in [0.15, 0.2) is 28.4 Å². The number of benzene rings is 1. The average molecular weight is 431 g/mol. The third-order valence-corrected chi connectivity index (χ3v) is 6.64. The number of carbonyl (C=O) groups excluding carboxylic acids is 2. The standard InChI is InChI=1S/C22H26N2O5S/c1-22(2)10-13-18(14(25)11-22)19(24-17(26)6-7-30-21(24)23-13)12-8-15(27-3)20(29-5)16(9-12)28-4/h8-9,19H,6-7,10-11H2,1-5H3/t19-/m1/s1. The molecule has 30 heavy (non-hydrogen) atoms. The van der Waals surface area contributed by atoms with Crippen LogP contribution in [0.2, 0.25) is 0 Å². The van der Waals surface area contributed by atoms with Crippen molar-refractivity contribution < 1.29 is 23.8 Å². The Bertz CT molecular complexity index is 957. The summed E-state index contributed by atoms with van der Waals surface area (Å²) in [6, 6.07) is 3.09. The quantitative estimate of drug-likeness (QED) is 0.724. The van der Waals surface area contributed by atoms with Crippen molar-refractivity contribution in [1.29, 1.82) is 0 Å². The summed E-state index contributed by atoms with van der Waals surface area (Å²) in [5, 5.41) is 0.661. The average Bonchev–Trinajstić information content (AvgIpc) is 2.70. The normalized spacial score (nSPS) is 22.9. The van der Waals surface area contributed by atoms with Gasteiger partial charge < -0.3 is 14.2 Å². The van der Waals surface area contributed by atoms with Gasteiger partial charge in [0.25, 0.3) is 0 Å². The number of carbonyl (C=O) groups is 2. The molecule has 1 saturated heterocycles. The molecule has 1 aromatic carbocycles. The Morgan fingerprint density at radius 2 is 1.73 bits per heavy atom. The maximum atomic E-state index is 13.3. The van der Waals surface area contributed by atoms with Crippen LogP contribution in [0, 0.1) is 5.41 Å². The molecular formula is C22H26N2O5S. The molecule has 1 atom stereocenters. The number of allylic oxidation sites excluding steroid dienone is 1. The highest BCUT2D eigenvalue weighted by Crippen LogP contribution is 2.50. The fraction of sp³-hybridized carbons (Fsp3) is 0.500. The van der Waals surface area contributed by atoms with E-state index in [0.717, 1.165) is 11.3 Å². The van der Waals surface area contributed by atoms with Crippen molar-refractivity contribution in [1.82, 2.24) is 4.90 Å². The highest BCUT2D eigenvalue weighted by molar-refractivity contribution is 8.14. The van der Waals surface area contributed by atoms with Gasteiger partial charge in [-0.2, -0.15) is 0 Å². The van der Waals surface area contributed by atoms with Gasteiger partial charge in [-0.05, 0) is 29.5 Å². The van der Waals surface area contributed by atoms with Crippen molar-refractivity contribution in [2.45, 2.75) is 39.2 Å². The second-order valence-electron chi connectivity index (χ2n) is 8.42. The van der Waals surface area contributed by atoms with Crippen LogP contribution in [0.3, 0.4) is 0 Å². The van der Waals surface area contributed by atoms with E-state index in [4.69, 9.17) is 19.2 Å². The van der Waals surface area contributed by atoms with E-state index in [1.807, 2.05) is 12.1 Å². The smallest absolute Gasteiger partial charge is 0.230 e. The molecule has 0 bridgehead atoms. The van der Waals surface area contributed by atoms with Crippen LogP contribution in [-0.2, 0) is 9.59 Å². The number of thioether (sulfide) groups is 1. The first kappa shape index (κ1) is 20.8. The summed E-state index contributed by atoms with van der Waals surface area (Å²) in [7, 11) is 4.65. The summed E-state index contributed by atoms with van der Waals surface area (Å²) in [6.45, 7) is 4.16. The molecule has 8 heteroatoms. The molecule has 160 valence electrons. The first-order valence-corrected chi connectivity index (χ1v) is 10.9. The summed E-state index contributed by atoms with van der Waals surface area (Å²) in [5.41, 5.74) is 1.96. The molecule has 1 aromatic rings. The first-order chi connectivity index (χ1) is 14.3. The first-order valence-electron chi connectivity index (χ1n) is 9.89. The van der Waals surface area contributed by atoms with E-state index in [9.17, 15) is 9.59 Å². The molecule has 0 spiro atoms. The predicted molar refractivity (Wildman–Crippen MR) is 115 cm³/mol. The van der Waals surface area contributed by atoms with Gasteiger partial charge in [-0.3, -0.25) is 14.5 Å². The van der Waals surface area contributed by atoms with Crippen LogP contribution in [0.1, 0.15) is 44.7 Å². The van der Waals surface area contributed by atoms with Gasteiger partial charge in [0.05, 0.1) is 33.1 Å². The molecule has 0 saturated carbocycles. The number of rotatable bonds is 4. The molecule has 0 N–H and O–H groups in total. The highest BCUT2D eigenvalue weighted by atomic mass is 32.2. The Balaban J connectivity index is 1.94. The lowest BCUT2D eigenvalue weighted by atomic mass is 9.73. The van der Waals surface area contributed by atoms with Crippen molar-refractivity contribution in [2.24, 2.45) is 10.4 Å². The number of amidine groups is 1. The molecular weight excluding hydrogens is 404 g/mol. The minimum absolute atomic E-state index is 0.0320. The SMILES string of the molecule is COc1cc([C@@H]2C3=C(CC(C)(C)CC3=O)N=C3SCCC(=O)N32)cc(OC)c1OC. The van der Waals surface area contributed by atoms with Crippen molar-refractivity contribution >= 4 is 28.6 Å². The van der Waals surface area contributed by atoms with Crippen molar-refractivity contribution in [3.63, 3.8) is 0 Å². The Morgan fingerprint density at radius 3 is 2.33 bits per heavy atom. The van der Waals surface area contributed by atoms with Crippen molar-refractivity contribution in [3.05, 3.63) is 29.0 Å². The number of ketones is 1. The van der Waals surface area contributed by atoms with Crippen molar-refractivity contribution in [3.8, 4) is 17.2 Å². The molecule has 0 radical (unpaired) electrons. The highest BCUT2D eigenvalue weighted by Gasteiger charge is 2.46. The van der Waals surface area contributed by atoms with Crippen LogP contribution in [0.4, 0.5) is 0 Å². The van der Waals surface area contributed by atoms with E-state index in [0.29, 0.717) is 53.0 Å². The molecule has 2 heterocycles. The minimum Gasteiger partial charge on any atom is -0.493 e. The number of nitrogens with zero attached hydrogens (tertiary/aromatic N) is 2. The van der Waals surface area contributed by atoms with Gasteiger partial charge in [0.15, 0.2) is 22.4 Å². The van der Waals surface area contributed by atoms with Gasteiger partial charge in [-0.1, -0.05) is 25.6 Å². The maximum Gasteiger partial charge on any atom is 0.230 e. The van der Waals surface area contributed by atoms with Crippen LogP contribution in [-0.4, -0.2) is 48.8 Å². The minimum atomic E-state index is -0.551. The number of aliphatic imine (C=N–C) groups is 1. The molecule has 1 amide bonds. The molecule has 1 fully saturated rings. The van der Waals surface area contributed by atoms with E-state index in [-0.39, 0.29) is 17.1 Å². The zero-order valence-electron chi connectivity index (χ0n) is 17.9. The van der Waals surface area contributed by atoms with Gasteiger partial charge in [0.2, 0.25) is 11.7 Å².